The monoisotopic (exact) mass is 443 g/mol. The van der Waals surface area contributed by atoms with Crippen LogP contribution in [-0.4, -0.2) is 57.9 Å². The molecule has 1 aliphatic rings. The summed E-state index contributed by atoms with van der Waals surface area (Å²) < 4.78 is 21.2. The first kappa shape index (κ1) is 23.1. The van der Waals surface area contributed by atoms with Crippen LogP contribution in [0.3, 0.4) is 0 Å². The number of nitrogens with zero attached hydrogens (tertiary/aromatic N) is 1. The van der Waals surface area contributed by atoms with Crippen LogP contribution in [0.25, 0.3) is 0 Å². The second kappa shape index (κ2) is 10.1. The quantitative estimate of drug-likeness (QED) is 0.683. The van der Waals surface area contributed by atoms with E-state index in [4.69, 9.17) is 18.9 Å². The second-order valence-electron chi connectivity index (χ2n) is 7.38. The molecule has 0 spiro atoms. The van der Waals surface area contributed by atoms with E-state index in [2.05, 4.69) is 10.6 Å². The molecular weight excluding hydrogens is 414 g/mol. The minimum absolute atomic E-state index is 0.305. The second-order valence-corrected chi connectivity index (χ2v) is 7.38. The lowest BCUT2D eigenvalue weighted by Crippen LogP contribution is -2.49. The number of benzene rings is 2. The van der Waals surface area contributed by atoms with Gasteiger partial charge < -0.3 is 34.5 Å². The summed E-state index contributed by atoms with van der Waals surface area (Å²) in [6.07, 6.45) is 0.690. The van der Waals surface area contributed by atoms with Crippen LogP contribution >= 0.6 is 0 Å². The zero-order chi connectivity index (χ0) is 23.3. The van der Waals surface area contributed by atoms with E-state index in [1.165, 1.54) is 7.11 Å². The molecule has 1 aliphatic heterocycles. The van der Waals surface area contributed by atoms with Crippen LogP contribution in [-0.2, 0) is 17.8 Å². The predicted molar refractivity (Wildman–Crippen MR) is 120 cm³/mol. The summed E-state index contributed by atoms with van der Waals surface area (Å²) in [5, 5.41) is 5.55. The van der Waals surface area contributed by atoms with Gasteiger partial charge in [0, 0.05) is 24.8 Å². The third-order valence-electron chi connectivity index (χ3n) is 5.39. The fourth-order valence-electron chi connectivity index (χ4n) is 3.56. The Kier molecular flexibility index (Phi) is 7.29. The number of hydrogen-bond donors (Lipinski definition) is 2. The average molecular weight is 444 g/mol. The molecule has 3 amide bonds. The van der Waals surface area contributed by atoms with Crippen molar-refractivity contribution in [2.24, 2.45) is 0 Å². The molecule has 9 heteroatoms. The molecule has 0 saturated carbocycles. The molecule has 0 aliphatic carbocycles. The third-order valence-corrected chi connectivity index (χ3v) is 5.39. The molecule has 0 bridgehead atoms. The first-order chi connectivity index (χ1) is 15.4. The number of hydrogen-bond acceptors (Lipinski definition) is 6. The van der Waals surface area contributed by atoms with Gasteiger partial charge in [-0.3, -0.25) is 4.79 Å². The van der Waals surface area contributed by atoms with Crippen molar-refractivity contribution < 1.29 is 28.5 Å². The number of amides is 3. The molecule has 9 nitrogen and oxygen atoms in total. The minimum atomic E-state index is -0.734. The molecule has 2 aromatic rings. The smallest absolute Gasteiger partial charge is 0.318 e. The highest BCUT2D eigenvalue weighted by Gasteiger charge is 2.25. The highest BCUT2D eigenvalue weighted by molar-refractivity contribution is 5.97. The van der Waals surface area contributed by atoms with Crippen molar-refractivity contribution in [3.8, 4) is 23.0 Å². The minimum Gasteiger partial charge on any atom is -0.493 e. The topological polar surface area (TPSA) is 98.4 Å². The van der Waals surface area contributed by atoms with E-state index in [-0.39, 0.29) is 11.9 Å². The summed E-state index contributed by atoms with van der Waals surface area (Å²) in [4.78, 5) is 27.0. The maximum absolute atomic E-state index is 12.8. The first-order valence-corrected chi connectivity index (χ1v) is 10.2. The summed E-state index contributed by atoms with van der Waals surface area (Å²) in [6.45, 7) is 2.60. The Labute approximate surface area is 187 Å². The van der Waals surface area contributed by atoms with E-state index in [9.17, 15) is 9.59 Å². The molecule has 32 heavy (non-hydrogen) atoms. The number of rotatable bonds is 7. The molecular formula is C23H29N3O6. The lowest BCUT2D eigenvalue weighted by Gasteiger charge is -2.30. The summed E-state index contributed by atoms with van der Waals surface area (Å²) in [7, 11) is 6.24. The van der Waals surface area contributed by atoms with Crippen molar-refractivity contribution in [3.05, 3.63) is 41.5 Å². The molecule has 3 rings (SSSR count). The van der Waals surface area contributed by atoms with Crippen molar-refractivity contribution >= 4 is 17.6 Å². The number of anilines is 1. The van der Waals surface area contributed by atoms with Gasteiger partial charge in [0.1, 0.15) is 6.04 Å². The van der Waals surface area contributed by atoms with Crippen LogP contribution in [0.1, 0.15) is 18.1 Å². The molecule has 1 atom stereocenters. The van der Waals surface area contributed by atoms with Crippen LogP contribution in [0.5, 0.6) is 23.0 Å². The fraction of sp³-hybridized carbons (Fsp3) is 0.391. The molecule has 172 valence electrons. The molecule has 0 aromatic heterocycles. The molecule has 2 aromatic carbocycles. The van der Waals surface area contributed by atoms with E-state index in [1.54, 1.807) is 51.4 Å². The van der Waals surface area contributed by atoms with E-state index in [0.29, 0.717) is 48.2 Å². The van der Waals surface area contributed by atoms with Gasteiger partial charge in [0.05, 0.1) is 28.4 Å². The molecule has 0 saturated heterocycles. The van der Waals surface area contributed by atoms with E-state index in [0.717, 1.165) is 11.1 Å². The van der Waals surface area contributed by atoms with Crippen molar-refractivity contribution in [3.63, 3.8) is 0 Å². The van der Waals surface area contributed by atoms with Gasteiger partial charge in [0.2, 0.25) is 5.91 Å². The highest BCUT2D eigenvalue weighted by Crippen LogP contribution is 2.33. The first-order valence-electron chi connectivity index (χ1n) is 10.2. The van der Waals surface area contributed by atoms with E-state index < -0.39 is 6.04 Å². The Morgan fingerprint density at radius 2 is 1.47 bits per heavy atom. The van der Waals surface area contributed by atoms with Crippen molar-refractivity contribution in [2.45, 2.75) is 25.9 Å². The Hall–Kier alpha value is -3.62. The van der Waals surface area contributed by atoms with Gasteiger partial charge in [0.15, 0.2) is 23.0 Å². The van der Waals surface area contributed by atoms with Gasteiger partial charge in [0.25, 0.3) is 0 Å². The number of urea groups is 1. The molecule has 0 radical (unpaired) electrons. The maximum Gasteiger partial charge on any atom is 0.318 e. The van der Waals surface area contributed by atoms with Crippen LogP contribution in [0, 0.1) is 0 Å². The number of methoxy groups -OCH3 is 4. The molecule has 1 heterocycles. The standard InChI is InChI=1S/C23H29N3O6/c1-14(22(27)25-17-6-7-18(29-2)21(12-17)32-5)24-23(28)26-9-8-15-10-19(30-3)20(31-4)11-16(15)13-26/h6-7,10-12,14H,8-9,13H2,1-5H3,(H,24,28)(H,25,27). The van der Waals surface area contributed by atoms with Crippen molar-refractivity contribution in [2.75, 3.05) is 40.3 Å². The van der Waals surface area contributed by atoms with Gasteiger partial charge in [-0.1, -0.05) is 0 Å². The number of nitrogens with one attached hydrogen (secondary N) is 2. The number of carbonyl (C=O) groups is 2. The van der Waals surface area contributed by atoms with Gasteiger partial charge in [-0.2, -0.15) is 0 Å². The summed E-state index contributed by atoms with van der Waals surface area (Å²) in [5.74, 6) is 2.02. The van der Waals surface area contributed by atoms with Crippen LogP contribution < -0.4 is 29.6 Å². The Morgan fingerprint density at radius 3 is 2.09 bits per heavy atom. The van der Waals surface area contributed by atoms with Gasteiger partial charge in [-0.25, -0.2) is 4.79 Å². The van der Waals surface area contributed by atoms with Crippen molar-refractivity contribution in [1.82, 2.24) is 10.2 Å². The maximum atomic E-state index is 12.8. The Bertz CT molecular complexity index is 994. The molecule has 2 N–H and O–H groups in total. The third kappa shape index (κ3) is 4.99. The van der Waals surface area contributed by atoms with E-state index in [1.807, 2.05) is 12.1 Å². The Morgan fingerprint density at radius 1 is 0.875 bits per heavy atom. The van der Waals surface area contributed by atoms with Crippen LogP contribution in [0.4, 0.5) is 10.5 Å². The van der Waals surface area contributed by atoms with Gasteiger partial charge >= 0.3 is 6.03 Å². The van der Waals surface area contributed by atoms with Crippen molar-refractivity contribution in [1.29, 1.82) is 0 Å². The number of carbonyl (C=O) groups excluding carboxylic acids is 2. The largest absolute Gasteiger partial charge is 0.493 e. The van der Waals surface area contributed by atoms with Crippen LogP contribution in [0.15, 0.2) is 30.3 Å². The molecule has 1 unspecified atom stereocenters. The number of fused-ring (bicyclic) bond motifs is 1. The summed E-state index contributed by atoms with van der Waals surface area (Å²) in [6, 6.07) is 7.86. The lowest BCUT2D eigenvalue weighted by atomic mass is 9.99. The predicted octanol–water partition coefficient (Wildman–Crippen LogP) is 2.82. The number of ether oxygens (including phenoxy) is 4. The zero-order valence-electron chi connectivity index (χ0n) is 19.0. The molecule has 0 fully saturated rings. The SMILES string of the molecule is COc1ccc(NC(=O)C(C)NC(=O)N2CCc3cc(OC)c(OC)cc3C2)cc1OC. The van der Waals surface area contributed by atoms with Gasteiger partial charge in [-0.05, 0) is 48.7 Å². The normalized spacial score (nSPS) is 13.5. The highest BCUT2D eigenvalue weighted by atomic mass is 16.5. The zero-order valence-corrected chi connectivity index (χ0v) is 19.0. The summed E-state index contributed by atoms with van der Waals surface area (Å²) in [5.41, 5.74) is 2.65. The van der Waals surface area contributed by atoms with Gasteiger partial charge in [-0.15, -0.1) is 0 Å². The van der Waals surface area contributed by atoms with Crippen LogP contribution in [0.2, 0.25) is 0 Å². The Balaban J connectivity index is 1.61. The summed E-state index contributed by atoms with van der Waals surface area (Å²) >= 11 is 0. The fourth-order valence-corrected chi connectivity index (χ4v) is 3.56. The van der Waals surface area contributed by atoms with E-state index >= 15 is 0 Å². The average Bonchev–Trinajstić information content (AvgIpc) is 2.82. The lowest BCUT2D eigenvalue weighted by molar-refractivity contribution is -0.117.